The zero-order valence-corrected chi connectivity index (χ0v) is 10.9. The molecule has 0 fully saturated rings. The monoisotopic (exact) mass is 263 g/mol. The Morgan fingerprint density at radius 3 is 2.58 bits per heavy atom. The molecule has 0 radical (unpaired) electrons. The van der Waals surface area contributed by atoms with Gasteiger partial charge >= 0.3 is 5.97 Å². The van der Waals surface area contributed by atoms with E-state index in [0.29, 0.717) is 12.0 Å². The zero-order chi connectivity index (χ0) is 14.3. The van der Waals surface area contributed by atoms with Crippen LogP contribution >= 0.6 is 0 Å². The number of benzene rings is 1. The molecule has 102 valence electrons. The highest BCUT2D eigenvalue weighted by Crippen LogP contribution is 2.15. The van der Waals surface area contributed by atoms with Crippen molar-refractivity contribution in [1.29, 1.82) is 0 Å². The first-order chi connectivity index (χ1) is 9.08. The van der Waals surface area contributed by atoms with Gasteiger partial charge in [0.2, 0.25) is 0 Å². The van der Waals surface area contributed by atoms with Crippen molar-refractivity contribution >= 4 is 11.7 Å². The van der Waals surface area contributed by atoms with Crippen LogP contribution in [0, 0.1) is 10.1 Å². The maximum absolute atomic E-state index is 11.9. The smallest absolute Gasteiger partial charge is 0.338 e. The van der Waals surface area contributed by atoms with Crippen LogP contribution < -0.4 is 0 Å². The fraction of sp³-hybridized carbons (Fsp3) is 0.357. The molecule has 0 saturated heterocycles. The Balaban J connectivity index is 2.70. The van der Waals surface area contributed by atoms with E-state index in [1.807, 2.05) is 6.92 Å². The highest BCUT2D eigenvalue weighted by atomic mass is 16.6. The molecule has 0 heterocycles. The Labute approximate surface area is 112 Å². The van der Waals surface area contributed by atoms with E-state index in [4.69, 9.17) is 4.74 Å². The van der Waals surface area contributed by atoms with Crippen LogP contribution in [0.15, 0.2) is 36.9 Å². The Morgan fingerprint density at radius 2 is 2.11 bits per heavy atom. The van der Waals surface area contributed by atoms with Gasteiger partial charge in [0.05, 0.1) is 10.5 Å². The average Bonchev–Trinajstić information content (AvgIpc) is 2.39. The van der Waals surface area contributed by atoms with Crippen molar-refractivity contribution in [2.24, 2.45) is 0 Å². The Bertz CT molecular complexity index is 453. The molecule has 0 saturated carbocycles. The van der Waals surface area contributed by atoms with Gasteiger partial charge in [0.1, 0.15) is 6.10 Å². The van der Waals surface area contributed by atoms with Crippen molar-refractivity contribution < 1.29 is 14.5 Å². The number of non-ortho nitro benzene ring substituents is 1. The first-order valence-electron chi connectivity index (χ1n) is 6.14. The molecular formula is C14H17NO4. The predicted molar refractivity (Wildman–Crippen MR) is 72.0 cm³/mol. The van der Waals surface area contributed by atoms with Crippen LogP contribution in [0.3, 0.4) is 0 Å². The maximum Gasteiger partial charge on any atom is 0.338 e. The highest BCUT2D eigenvalue weighted by molar-refractivity contribution is 5.89. The molecule has 5 heteroatoms. The number of nitro groups is 1. The lowest BCUT2D eigenvalue weighted by molar-refractivity contribution is -0.384. The molecule has 0 amide bonds. The van der Waals surface area contributed by atoms with Gasteiger partial charge in [-0.05, 0) is 18.6 Å². The van der Waals surface area contributed by atoms with Gasteiger partial charge in [-0.1, -0.05) is 19.4 Å². The summed E-state index contributed by atoms with van der Waals surface area (Å²) in [6, 6.07) is 5.38. The summed E-state index contributed by atoms with van der Waals surface area (Å²) in [4.78, 5) is 21.9. The first-order valence-corrected chi connectivity index (χ1v) is 6.14. The van der Waals surface area contributed by atoms with Crippen molar-refractivity contribution in [3.8, 4) is 0 Å². The van der Waals surface area contributed by atoms with Gasteiger partial charge in [0.15, 0.2) is 0 Å². The van der Waals surface area contributed by atoms with Gasteiger partial charge in [0, 0.05) is 18.6 Å². The zero-order valence-electron chi connectivity index (χ0n) is 10.9. The molecule has 0 N–H and O–H groups in total. The molecule has 1 aromatic carbocycles. The number of carbonyl (C=O) groups is 1. The summed E-state index contributed by atoms with van der Waals surface area (Å²) in [7, 11) is 0. The number of rotatable bonds is 7. The number of ether oxygens (including phenoxy) is 1. The standard InChI is InChI=1S/C14H17NO4/c1-3-5-13(6-4-2)19-14(16)11-7-9-12(10-8-11)15(17)18/h3,7-10,13H,1,4-6H2,2H3/t13-/m1/s1. The number of hydrogen-bond acceptors (Lipinski definition) is 4. The Hall–Kier alpha value is -2.17. The van der Waals surface area contributed by atoms with Crippen LogP contribution in [0.4, 0.5) is 5.69 Å². The fourth-order valence-corrected chi connectivity index (χ4v) is 1.67. The molecule has 1 aromatic rings. The normalized spacial score (nSPS) is 11.6. The Morgan fingerprint density at radius 1 is 1.47 bits per heavy atom. The van der Waals surface area contributed by atoms with Crippen molar-refractivity contribution in [3.05, 3.63) is 52.6 Å². The van der Waals surface area contributed by atoms with Gasteiger partial charge < -0.3 is 4.74 Å². The third kappa shape index (κ3) is 4.54. The lowest BCUT2D eigenvalue weighted by atomic mass is 10.1. The topological polar surface area (TPSA) is 69.4 Å². The molecule has 19 heavy (non-hydrogen) atoms. The second kappa shape index (κ2) is 7.31. The van der Waals surface area contributed by atoms with Gasteiger partial charge in [-0.25, -0.2) is 4.79 Å². The quantitative estimate of drug-likeness (QED) is 0.327. The second-order valence-corrected chi connectivity index (χ2v) is 4.14. The number of esters is 1. The summed E-state index contributed by atoms with van der Waals surface area (Å²) in [5, 5.41) is 10.5. The van der Waals surface area contributed by atoms with Crippen molar-refractivity contribution in [3.63, 3.8) is 0 Å². The highest BCUT2D eigenvalue weighted by Gasteiger charge is 2.15. The van der Waals surface area contributed by atoms with Crippen LogP contribution in [-0.2, 0) is 4.74 Å². The van der Waals surface area contributed by atoms with Crippen molar-refractivity contribution in [2.45, 2.75) is 32.3 Å². The molecule has 0 aliphatic heterocycles. The number of hydrogen-bond donors (Lipinski definition) is 0. The molecule has 0 aliphatic carbocycles. The summed E-state index contributed by atoms with van der Waals surface area (Å²) in [6.45, 7) is 5.64. The lowest BCUT2D eigenvalue weighted by Gasteiger charge is -2.15. The molecule has 0 spiro atoms. The summed E-state index contributed by atoms with van der Waals surface area (Å²) >= 11 is 0. The second-order valence-electron chi connectivity index (χ2n) is 4.14. The van der Waals surface area contributed by atoms with Gasteiger partial charge in [-0.3, -0.25) is 10.1 Å². The van der Waals surface area contributed by atoms with E-state index in [-0.39, 0.29) is 11.8 Å². The van der Waals surface area contributed by atoms with E-state index in [9.17, 15) is 14.9 Å². The van der Waals surface area contributed by atoms with E-state index in [1.165, 1.54) is 24.3 Å². The number of nitrogens with zero attached hydrogens (tertiary/aromatic N) is 1. The maximum atomic E-state index is 11.9. The SMILES string of the molecule is C=CC[C@H](CCC)OC(=O)c1ccc([N+](=O)[O-])cc1. The number of carbonyl (C=O) groups excluding carboxylic acids is 1. The van der Waals surface area contributed by atoms with E-state index in [2.05, 4.69) is 6.58 Å². The molecule has 0 aromatic heterocycles. The fourth-order valence-electron chi connectivity index (χ4n) is 1.67. The molecule has 1 atom stereocenters. The van der Waals surface area contributed by atoms with Crippen LogP contribution in [0.5, 0.6) is 0 Å². The molecule has 0 unspecified atom stereocenters. The number of nitro benzene ring substituents is 1. The van der Waals surface area contributed by atoms with Crippen molar-refractivity contribution in [1.82, 2.24) is 0 Å². The molecular weight excluding hydrogens is 246 g/mol. The Kier molecular flexibility index (Phi) is 5.73. The largest absolute Gasteiger partial charge is 0.458 e. The minimum atomic E-state index is -0.507. The van der Waals surface area contributed by atoms with Crippen LogP contribution in [0.1, 0.15) is 36.5 Å². The molecule has 0 aliphatic rings. The molecule has 0 bridgehead atoms. The summed E-state index contributed by atoms with van der Waals surface area (Å²) in [5.41, 5.74) is 0.267. The first kappa shape index (κ1) is 14.9. The van der Waals surface area contributed by atoms with E-state index >= 15 is 0 Å². The predicted octanol–water partition coefficient (Wildman–Crippen LogP) is 3.50. The van der Waals surface area contributed by atoms with Crippen LogP contribution in [0.2, 0.25) is 0 Å². The molecule has 5 nitrogen and oxygen atoms in total. The average molecular weight is 263 g/mol. The third-order valence-corrected chi connectivity index (χ3v) is 2.63. The van der Waals surface area contributed by atoms with Crippen LogP contribution in [-0.4, -0.2) is 17.0 Å². The van der Waals surface area contributed by atoms with Crippen LogP contribution in [0.25, 0.3) is 0 Å². The van der Waals surface area contributed by atoms with Gasteiger partial charge in [0.25, 0.3) is 5.69 Å². The summed E-state index contributed by atoms with van der Waals surface area (Å²) < 4.78 is 5.34. The van der Waals surface area contributed by atoms with Gasteiger partial charge in [-0.15, -0.1) is 6.58 Å². The summed E-state index contributed by atoms with van der Waals surface area (Å²) in [6.07, 6.45) is 3.80. The van der Waals surface area contributed by atoms with E-state index in [0.717, 1.165) is 12.8 Å². The van der Waals surface area contributed by atoms with E-state index in [1.54, 1.807) is 6.08 Å². The van der Waals surface area contributed by atoms with Crippen molar-refractivity contribution in [2.75, 3.05) is 0 Å². The lowest BCUT2D eigenvalue weighted by Crippen LogP contribution is -2.17. The van der Waals surface area contributed by atoms with Gasteiger partial charge in [-0.2, -0.15) is 0 Å². The van der Waals surface area contributed by atoms with E-state index < -0.39 is 10.9 Å². The minimum Gasteiger partial charge on any atom is -0.458 e. The molecule has 1 rings (SSSR count). The summed E-state index contributed by atoms with van der Waals surface area (Å²) in [5.74, 6) is -0.463. The minimum absolute atomic E-state index is 0.0484. The third-order valence-electron chi connectivity index (χ3n) is 2.63.